The van der Waals surface area contributed by atoms with Gasteiger partial charge in [-0.05, 0) is 24.8 Å². The maximum Gasteiger partial charge on any atom is 0.327 e. The lowest BCUT2D eigenvalue weighted by molar-refractivity contribution is -0.141. The van der Waals surface area contributed by atoms with Crippen LogP contribution in [0.4, 0.5) is 0 Å². The van der Waals surface area contributed by atoms with E-state index in [2.05, 4.69) is 46.2 Å². The van der Waals surface area contributed by atoms with Gasteiger partial charge in [0.05, 0.1) is 6.04 Å². The van der Waals surface area contributed by atoms with E-state index in [0.29, 0.717) is 6.42 Å². The van der Waals surface area contributed by atoms with Crippen LogP contribution in [-0.2, 0) is 25.6 Å². The van der Waals surface area contributed by atoms with Gasteiger partial charge in [-0.2, -0.15) is 25.3 Å². The van der Waals surface area contributed by atoms with Crippen LogP contribution in [0.25, 0.3) is 0 Å². The van der Waals surface area contributed by atoms with Crippen molar-refractivity contribution >= 4 is 54.9 Å². The van der Waals surface area contributed by atoms with E-state index >= 15 is 0 Å². The second-order valence-corrected chi connectivity index (χ2v) is 8.36. The molecule has 4 atom stereocenters. The summed E-state index contributed by atoms with van der Waals surface area (Å²) in [6, 6.07) is 4.80. The summed E-state index contributed by atoms with van der Waals surface area (Å²) in [6.07, 6.45) is 0.687. The number of guanidine groups is 1. The summed E-state index contributed by atoms with van der Waals surface area (Å²) in [5.74, 6) is -3.57. The number of carboxylic acids is 1. The Kier molecular flexibility index (Phi) is 13.6. The van der Waals surface area contributed by atoms with Crippen molar-refractivity contribution in [3.05, 3.63) is 35.9 Å². The maximum absolute atomic E-state index is 12.8. The summed E-state index contributed by atoms with van der Waals surface area (Å²) < 4.78 is 0. The molecule has 0 aliphatic carbocycles. The number of nitrogens with zero attached hydrogens (tertiary/aromatic N) is 1. The molecule has 0 aliphatic heterocycles. The molecule has 1 rings (SSSR count). The van der Waals surface area contributed by atoms with E-state index in [1.165, 1.54) is 0 Å². The molecule has 1 aromatic rings. The third kappa shape index (κ3) is 11.3. The molecule has 0 heterocycles. The van der Waals surface area contributed by atoms with E-state index in [9.17, 15) is 24.3 Å². The van der Waals surface area contributed by atoms with Gasteiger partial charge in [-0.15, -0.1) is 0 Å². The Labute approximate surface area is 214 Å². The van der Waals surface area contributed by atoms with Gasteiger partial charge in [0.2, 0.25) is 17.7 Å². The number of hydrogen-bond acceptors (Lipinski definition) is 8. The van der Waals surface area contributed by atoms with E-state index in [4.69, 9.17) is 17.2 Å². The van der Waals surface area contributed by atoms with Gasteiger partial charge in [-0.3, -0.25) is 19.4 Å². The summed E-state index contributed by atoms with van der Waals surface area (Å²) in [6.45, 7) is 0.192. The van der Waals surface area contributed by atoms with Crippen molar-refractivity contribution < 1.29 is 24.3 Å². The molecule has 0 spiro atoms. The SMILES string of the molecule is NC(N)=NCCCC(NC(=O)C(CS)NC(=O)C(N)Cc1ccccc1)C(=O)NC(CS)C(=O)O. The van der Waals surface area contributed by atoms with Gasteiger partial charge in [0.15, 0.2) is 5.96 Å². The highest BCUT2D eigenvalue weighted by Crippen LogP contribution is 2.04. The van der Waals surface area contributed by atoms with E-state index in [-0.39, 0.29) is 36.9 Å². The molecule has 12 nitrogen and oxygen atoms in total. The predicted molar refractivity (Wildman–Crippen MR) is 139 cm³/mol. The molecule has 0 radical (unpaired) electrons. The average molecular weight is 528 g/mol. The van der Waals surface area contributed by atoms with Crippen LogP contribution in [0.3, 0.4) is 0 Å². The molecule has 1 aromatic carbocycles. The minimum absolute atomic E-state index is 0.0631. The van der Waals surface area contributed by atoms with Crippen molar-refractivity contribution in [1.29, 1.82) is 0 Å². The van der Waals surface area contributed by atoms with Crippen molar-refractivity contribution in [2.75, 3.05) is 18.1 Å². The van der Waals surface area contributed by atoms with Crippen LogP contribution in [0.1, 0.15) is 18.4 Å². The van der Waals surface area contributed by atoms with Gasteiger partial charge >= 0.3 is 5.97 Å². The zero-order valence-electron chi connectivity index (χ0n) is 19.1. The Hall–Kier alpha value is -2.97. The summed E-state index contributed by atoms with van der Waals surface area (Å²) in [7, 11) is 0. The Morgan fingerprint density at radius 2 is 1.43 bits per heavy atom. The van der Waals surface area contributed by atoms with Gasteiger partial charge in [0, 0.05) is 18.1 Å². The molecule has 14 heteroatoms. The molecule has 3 amide bonds. The molecule has 0 saturated heterocycles. The van der Waals surface area contributed by atoms with Crippen molar-refractivity contribution in [2.45, 2.75) is 43.4 Å². The second kappa shape index (κ2) is 15.8. The lowest BCUT2D eigenvalue weighted by Gasteiger charge is -2.24. The molecule has 10 N–H and O–H groups in total. The van der Waals surface area contributed by atoms with Crippen LogP contribution in [0.5, 0.6) is 0 Å². The van der Waals surface area contributed by atoms with Crippen LogP contribution < -0.4 is 33.2 Å². The summed E-state index contributed by atoms with van der Waals surface area (Å²) in [5.41, 5.74) is 17.4. The maximum atomic E-state index is 12.8. The van der Waals surface area contributed by atoms with Gasteiger partial charge in [0.25, 0.3) is 0 Å². The number of nitrogens with one attached hydrogen (secondary N) is 3. The summed E-state index contributed by atoms with van der Waals surface area (Å²) in [4.78, 5) is 53.1. The Morgan fingerprint density at radius 1 is 0.886 bits per heavy atom. The number of carbonyl (C=O) groups is 4. The minimum atomic E-state index is -1.27. The zero-order chi connectivity index (χ0) is 26.4. The number of thiol groups is 2. The van der Waals surface area contributed by atoms with E-state index in [1.54, 1.807) is 0 Å². The number of carbonyl (C=O) groups excluding carboxylic acids is 3. The fourth-order valence-electron chi connectivity index (χ4n) is 2.94. The normalized spacial score (nSPS) is 14.0. The first-order valence-electron chi connectivity index (χ1n) is 10.8. The summed E-state index contributed by atoms with van der Waals surface area (Å²) in [5, 5.41) is 16.6. The number of benzene rings is 1. The van der Waals surface area contributed by atoms with Crippen molar-refractivity contribution in [1.82, 2.24) is 16.0 Å². The van der Waals surface area contributed by atoms with Gasteiger partial charge in [0.1, 0.15) is 18.1 Å². The first-order valence-corrected chi connectivity index (χ1v) is 12.1. The molecular weight excluding hydrogens is 494 g/mol. The highest BCUT2D eigenvalue weighted by atomic mass is 32.1. The fourth-order valence-corrected chi connectivity index (χ4v) is 3.44. The molecule has 0 saturated carbocycles. The predicted octanol–water partition coefficient (Wildman–Crippen LogP) is -1.99. The third-order valence-corrected chi connectivity index (χ3v) is 5.56. The number of rotatable bonds is 15. The molecule has 0 fully saturated rings. The van der Waals surface area contributed by atoms with Crippen molar-refractivity contribution in [3.63, 3.8) is 0 Å². The number of nitrogens with two attached hydrogens (primary N) is 3. The molecule has 0 bridgehead atoms. The lowest BCUT2D eigenvalue weighted by atomic mass is 10.1. The number of aliphatic imine (C=N–C) groups is 1. The Morgan fingerprint density at radius 3 is 1.97 bits per heavy atom. The molecule has 0 aliphatic rings. The number of aliphatic carboxylic acids is 1. The van der Waals surface area contributed by atoms with Crippen molar-refractivity contribution in [3.8, 4) is 0 Å². The number of amides is 3. The van der Waals surface area contributed by atoms with E-state index in [1.807, 2.05) is 30.3 Å². The Bertz CT molecular complexity index is 884. The zero-order valence-corrected chi connectivity index (χ0v) is 20.9. The minimum Gasteiger partial charge on any atom is -0.480 e. The van der Waals surface area contributed by atoms with E-state index in [0.717, 1.165) is 5.56 Å². The molecule has 0 aromatic heterocycles. The summed E-state index contributed by atoms with van der Waals surface area (Å²) >= 11 is 8.05. The first-order chi connectivity index (χ1) is 16.6. The van der Waals surface area contributed by atoms with Gasteiger partial charge < -0.3 is 38.3 Å². The Balaban J connectivity index is 2.84. The van der Waals surface area contributed by atoms with E-state index < -0.39 is 47.9 Å². The van der Waals surface area contributed by atoms with Crippen LogP contribution in [0.15, 0.2) is 35.3 Å². The monoisotopic (exact) mass is 527 g/mol. The standard InChI is InChI=1S/C21H33N7O5S2/c22-13(9-12-5-2-1-3-6-12)17(29)27-15(10-34)19(31)26-14(7-4-8-25-21(23)24)18(30)28-16(11-35)20(32)33/h1-3,5-6,13-16,34-35H,4,7-11,22H2,(H,26,31)(H,27,29)(H,28,30)(H,32,33)(H4,23,24,25). The molecule has 35 heavy (non-hydrogen) atoms. The highest BCUT2D eigenvalue weighted by Gasteiger charge is 2.29. The topological polar surface area (TPSA) is 215 Å². The second-order valence-electron chi connectivity index (χ2n) is 7.63. The largest absolute Gasteiger partial charge is 0.480 e. The number of carboxylic acid groups (broad SMARTS) is 1. The molecular formula is C21H33N7O5S2. The third-order valence-electron chi connectivity index (χ3n) is 4.83. The van der Waals surface area contributed by atoms with Crippen LogP contribution in [0, 0.1) is 0 Å². The number of hydrogen-bond donors (Lipinski definition) is 9. The molecule has 194 valence electrons. The van der Waals surface area contributed by atoms with Crippen LogP contribution >= 0.6 is 25.3 Å². The fraction of sp³-hybridized carbons (Fsp3) is 0.476. The quantitative estimate of drug-likeness (QED) is 0.0537. The van der Waals surface area contributed by atoms with Gasteiger partial charge in [-0.25, -0.2) is 4.79 Å². The van der Waals surface area contributed by atoms with Crippen LogP contribution in [-0.4, -0.2) is 77.0 Å². The lowest BCUT2D eigenvalue weighted by Crippen LogP contribution is -2.58. The average Bonchev–Trinajstić information content (AvgIpc) is 2.82. The van der Waals surface area contributed by atoms with Crippen LogP contribution in [0.2, 0.25) is 0 Å². The molecule has 4 unspecified atom stereocenters. The smallest absolute Gasteiger partial charge is 0.327 e. The first kappa shape index (κ1) is 30.1. The van der Waals surface area contributed by atoms with Crippen molar-refractivity contribution in [2.24, 2.45) is 22.2 Å². The highest BCUT2D eigenvalue weighted by molar-refractivity contribution is 7.80. The van der Waals surface area contributed by atoms with Gasteiger partial charge in [-0.1, -0.05) is 30.3 Å².